The highest BCUT2D eigenvalue weighted by atomic mass is 32.2. The standard InChI is InChI=1S/C20H16N4OS/c1-13(22)17(11-21)18(25)12-26-20-16-10-6-5-9-15(16)19(23-24-20)14-7-3-2-4-8-14/h2-10,17,22H,12H2,1H3. The van der Waals surface area contributed by atoms with Crippen LogP contribution in [0.2, 0.25) is 0 Å². The summed E-state index contributed by atoms with van der Waals surface area (Å²) in [7, 11) is 0. The van der Waals surface area contributed by atoms with Gasteiger partial charge in [-0.2, -0.15) is 5.26 Å². The molecule has 1 N–H and O–H groups in total. The topological polar surface area (TPSA) is 90.5 Å². The van der Waals surface area contributed by atoms with Gasteiger partial charge in [0.2, 0.25) is 0 Å². The minimum Gasteiger partial charge on any atom is -0.308 e. The molecule has 0 spiro atoms. The number of fused-ring (bicyclic) bond motifs is 1. The molecular weight excluding hydrogens is 344 g/mol. The molecule has 0 aliphatic carbocycles. The van der Waals surface area contributed by atoms with E-state index in [-0.39, 0.29) is 17.2 Å². The molecular formula is C20H16N4OS. The van der Waals surface area contributed by atoms with Gasteiger partial charge in [0.05, 0.1) is 11.8 Å². The van der Waals surface area contributed by atoms with Crippen molar-refractivity contribution >= 4 is 34.0 Å². The number of hydrogen-bond acceptors (Lipinski definition) is 6. The van der Waals surface area contributed by atoms with Crippen LogP contribution >= 0.6 is 11.8 Å². The van der Waals surface area contributed by atoms with Gasteiger partial charge in [0.15, 0.2) is 5.78 Å². The maximum Gasteiger partial charge on any atom is 0.165 e. The Morgan fingerprint density at radius 1 is 1.12 bits per heavy atom. The van der Waals surface area contributed by atoms with Crippen molar-refractivity contribution in [3.63, 3.8) is 0 Å². The second kappa shape index (κ2) is 7.89. The number of nitrogens with zero attached hydrogens (tertiary/aromatic N) is 3. The molecule has 0 bridgehead atoms. The number of aromatic nitrogens is 2. The van der Waals surface area contributed by atoms with Crippen molar-refractivity contribution in [2.75, 3.05) is 5.75 Å². The summed E-state index contributed by atoms with van der Waals surface area (Å²) < 4.78 is 0. The van der Waals surface area contributed by atoms with Crippen molar-refractivity contribution in [1.82, 2.24) is 10.2 Å². The molecule has 0 saturated heterocycles. The third-order valence-electron chi connectivity index (χ3n) is 3.94. The largest absolute Gasteiger partial charge is 0.308 e. The molecule has 128 valence electrons. The van der Waals surface area contributed by atoms with Crippen molar-refractivity contribution in [1.29, 1.82) is 10.7 Å². The van der Waals surface area contributed by atoms with E-state index >= 15 is 0 Å². The minimum absolute atomic E-state index is 0.0634. The highest BCUT2D eigenvalue weighted by Crippen LogP contribution is 2.31. The number of carbonyl (C=O) groups is 1. The van der Waals surface area contributed by atoms with Gasteiger partial charge in [-0.05, 0) is 6.92 Å². The smallest absolute Gasteiger partial charge is 0.165 e. The molecule has 0 amide bonds. The van der Waals surface area contributed by atoms with Gasteiger partial charge < -0.3 is 5.41 Å². The van der Waals surface area contributed by atoms with Crippen LogP contribution in [0.5, 0.6) is 0 Å². The second-order valence-electron chi connectivity index (χ2n) is 5.77. The molecule has 0 aliphatic heterocycles. The number of rotatable bonds is 6. The minimum atomic E-state index is -0.995. The van der Waals surface area contributed by atoms with Gasteiger partial charge in [-0.3, -0.25) is 4.79 Å². The van der Waals surface area contributed by atoms with Crippen LogP contribution in [0.4, 0.5) is 0 Å². The van der Waals surface area contributed by atoms with Crippen LogP contribution < -0.4 is 0 Å². The second-order valence-corrected chi connectivity index (χ2v) is 6.73. The zero-order chi connectivity index (χ0) is 18.5. The Labute approximate surface area is 155 Å². The molecule has 0 radical (unpaired) electrons. The van der Waals surface area contributed by atoms with E-state index in [9.17, 15) is 4.79 Å². The first-order valence-corrected chi connectivity index (χ1v) is 9.01. The molecule has 0 saturated carbocycles. The van der Waals surface area contributed by atoms with Crippen LogP contribution in [0.25, 0.3) is 22.0 Å². The van der Waals surface area contributed by atoms with Crippen LogP contribution in [-0.2, 0) is 4.79 Å². The molecule has 26 heavy (non-hydrogen) atoms. The first-order valence-electron chi connectivity index (χ1n) is 8.03. The van der Waals surface area contributed by atoms with Crippen molar-refractivity contribution in [3.8, 4) is 17.3 Å². The molecule has 2 aromatic carbocycles. The number of ketones is 1. The van der Waals surface area contributed by atoms with Crippen molar-refractivity contribution in [2.24, 2.45) is 5.92 Å². The third kappa shape index (κ3) is 3.63. The Hall–Kier alpha value is -3.04. The van der Waals surface area contributed by atoms with E-state index in [1.165, 1.54) is 18.7 Å². The lowest BCUT2D eigenvalue weighted by molar-refractivity contribution is -0.117. The Morgan fingerprint density at radius 3 is 2.42 bits per heavy atom. The number of Topliss-reactive ketones (excluding diaryl/α,β-unsaturated/α-hetero) is 1. The molecule has 1 atom stereocenters. The summed E-state index contributed by atoms with van der Waals surface area (Å²) in [5.74, 6) is -1.20. The lowest BCUT2D eigenvalue weighted by Gasteiger charge is -2.10. The summed E-state index contributed by atoms with van der Waals surface area (Å²) in [5.41, 5.74) is 1.84. The van der Waals surface area contributed by atoms with Crippen LogP contribution in [0.15, 0.2) is 59.6 Å². The first-order chi connectivity index (χ1) is 12.6. The lowest BCUT2D eigenvalue weighted by atomic mass is 10.0. The molecule has 0 aliphatic rings. The molecule has 0 fully saturated rings. The van der Waals surface area contributed by atoms with Gasteiger partial charge in [0, 0.05) is 22.0 Å². The van der Waals surface area contributed by atoms with Crippen LogP contribution in [0, 0.1) is 22.7 Å². The number of thioether (sulfide) groups is 1. The fourth-order valence-corrected chi connectivity index (χ4v) is 3.51. The zero-order valence-electron chi connectivity index (χ0n) is 14.1. The molecule has 3 aromatic rings. The SMILES string of the molecule is CC(=N)C(C#N)C(=O)CSc1nnc(-c2ccccc2)c2ccccc12. The third-order valence-corrected chi connectivity index (χ3v) is 4.94. The van der Waals surface area contributed by atoms with Crippen molar-refractivity contribution in [2.45, 2.75) is 11.9 Å². The van der Waals surface area contributed by atoms with Gasteiger partial charge in [-0.1, -0.05) is 66.4 Å². The molecule has 1 aromatic heterocycles. The van der Waals surface area contributed by atoms with E-state index in [0.717, 1.165) is 22.0 Å². The Kier molecular flexibility index (Phi) is 5.40. The number of nitrogens with one attached hydrogen (secondary N) is 1. The summed E-state index contributed by atoms with van der Waals surface area (Å²) in [6.07, 6.45) is 0. The van der Waals surface area contributed by atoms with Gasteiger partial charge >= 0.3 is 0 Å². The number of carbonyl (C=O) groups excluding carboxylic acids is 1. The molecule has 5 nitrogen and oxygen atoms in total. The van der Waals surface area contributed by atoms with Gasteiger partial charge in [-0.25, -0.2) is 0 Å². The van der Waals surface area contributed by atoms with E-state index in [1.807, 2.05) is 60.7 Å². The van der Waals surface area contributed by atoms with E-state index in [1.54, 1.807) is 0 Å². The van der Waals surface area contributed by atoms with E-state index in [4.69, 9.17) is 10.7 Å². The van der Waals surface area contributed by atoms with Gasteiger partial charge in [-0.15, -0.1) is 10.2 Å². The quantitative estimate of drug-likeness (QED) is 0.527. The fourth-order valence-electron chi connectivity index (χ4n) is 2.63. The lowest BCUT2D eigenvalue weighted by Crippen LogP contribution is -2.21. The zero-order valence-corrected chi connectivity index (χ0v) is 15.0. The van der Waals surface area contributed by atoms with Crippen LogP contribution in [0.3, 0.4) is 0 Å². The summed E-state index contributed by atoms with van der Waals surface area (Å²) in [5, 5.41) is 27.8. The summed E-state index contributed by atoms with van der Waals surface area (Å²) >= 11 is 1.25. The van der Waals surface area contributed by atoms with Crippen LogP contribution in [0.1, 0.15) is 6.92 Å². The molecule has 1 heterocycles. The van der Waals surface area contributed by atoms with Gasteiger partial charge in [0.25, 0.3) is 0 Å². The average Bonchev–Trinajstić information content (AvgIpc) is 2.67. The Bertz CT molecular complexity index is 1010. The maximum absolute atomic E-state index is 12.2. The Balaban J connectivity index is 1.93. The van der Waals surface area contributed by atoms with Gasteiger partial charge in [0.1, 0.15) is 16.6 Å². The summed E-state index contributed by atoms with van der Waals surface area (Å²) in [6, 6.07) is 19.5. The number of nitriles is 1. The first kappa shape index (κ1) is 17.8. The van der Waals surface area contributed by atoms with E-state index in [2.05, 4.69) is 10.2 Å². The predicted octanol–water partition coefficient (Wildman–Crippen LogP) is 4.14. The highest BCUT2D eigenvalue weighted by Gasteiger charge is 2.21. The van der Waals surface area contributed by atoms with E-state index < -0.39 is 5.92 Å². The maximum atomic E-state index is 12.2. The predicted molar refractivity (Wildman–Crippen MR) is 103 cm³/mol. The number of benzene rings is 2. The van der Waals surface area contributed by atoms with E-state index in [0.29, 0.717) is 5.03 Å². The van der Waals surface area contributed by atoms with Crippen molar-refractivity contribution in [3.05, 3.63) is 54.6 Å². The molecule has 1 unspecified atom stereocenters. The normalized spacial score (nSPS) is 11.7. The monoisotopic (exact) mass is 360 g/mol. The van der Waals surface area contributed by atoms with Crippen LogP contribution in [-0.4, -0.2) is 27.4 Å². The molecule has 3 rings (SSSR count). The number of hydrogen-bond donors (Lipinski definition) is 1. The fraction of sp³-hybridized carbons (Fsp3) is 0.150. The summed E-state index contributed by atoms with van der Waals surface area (Å²) in [4.78, 5) is 12.2. The van der Waals surface area contributed by atoms with Crippen molar-refractivity contribution < 1.29 is 4.79 Å². The summed E-state index contributed by atoms with van der Waals surface area (Å²) in [6.45, 7) is 1.47. The Morgan fingerprint density at radius 2 is 1.77 bits per heavy atom. The average molecular weight is 360 g/mol. The molecule has 6 heteroatoms. The highest BCUT2D eigenvalue weighted by molar-refractivity contribution is 8.00.